The zero-order chi connectivity index (χ0) is 17.6. The van der Waals surface area contributed by atoms with Crippen molar-refractivity contribution in [1.29, 1.82) is 0 Å². The van der Waals surface area contributed by atoms with Gasteiger partial charge in [-0.2, -0.15) is 0 Å². The Morgan fingerprint density at radius 1 is 1.30 bits per heavy atom. The molecule has 1 rings (SSSR count). The quantitative estimate of drug-likeness (QED) is 0.716. The van der Waals surface area contributed by atoms with Gasteiger partial charge in [0.15, 0.2) is 0 Å². The Labute approximate surface area is 137 Å². The number of aromatic carboxylic acids is 1. The normalized spacial score (nSPS) is 13.0. The lowest BCUT2D eigenvalue weighted by atomic mass is 10.0. The highest BCUT2D eigenvalue weighted by Gasteiger charge is 2.23. The first-order valence-corrected chi connectivity index (χ1v) is 7.82. The summed E-state index contributed by atoms with van der Waals surface area (Å²) in [7, 11) is 0. The van der Waals surface area contributed by atoms with Crippen LogP contribution >= 0.6 is 0 Å². The third-order valence-electron chi connectivity index (χ3n) is 3.11. The van der Waals surface area contributed by atoms with Crippen molar-refractivity contribution in [2.24, 2.45) is 5.92 Å². The predicted molar refractivity (Wildman–Crippen MR) is 89.2 cm³/mol. The Balaban J connectivity index is 2.76. The van der Waals surface area contributed by atoms with Crippen molar-refractivity contribution in [3.63, 3.8) is 0 Å². The van der Waals surface area contributed by atoms with E-state index in [0.717, 1.165) is 0 Å². The van der Waals surface area contributed by atoms with Crippen LogP contribution < -0.4 is 10.6 Å². The number of amides is 1. The Morgan fingerprint density at radius 3 is 2.48 bits per heavy atom. The molecule has 0 aromatic carbocycles. The molecule has 6 heteroatoms. The maximum absolute atomic E-state index is 12.4. The van der Waals surface area contributed by atoms with Gasteiger partial charge in [-0.3, -0.25) is 9.78 Å². The van der Waals surface area contributed by atoms with E-state index in [1.54, 1.807) is 0 Å². The summed E-state index contributed by atoms with van der Waals surface area (Å²) in [5.41, 5.74) is 0.494. The van der Waals surface area contributed by atoms with Gasteiger partial charge in [0.1, 0.15) is 0 Å². The van der Waals surface area contributed by atoms with E-state index in [9.17, 15) is 9.59 Å². The van der Waals surface area contributed by atoms with E-state index in [1.807, 2.05) is 20.8 Å². The highest BCUT2D eigenvalue weighted by Crippen LogP contribution is 2.09. The minimum Gasteiger partial charge on any atom is -0.478 e. The van der Waals surface area contributed by atoms with Crippen LogP contribution in [0.2, 0.25) is 0 Å². The second-order valence-electron chi connectivity index (χ2n) is 7.14. The number of carbonyl (C=O) groups excluding carboxylic acids is 1. The van der Waals surface area contributed by atoms with Crippen LogP contribution in [0.1, 0.15) is 57.1 Å². The van der Waals surface area contributed by atoms with E-state index < -0.39 is 5.97 Å². The van der Waals surface area contributed by atoms with Gasteiger partial charge >= 0.3 is 5.97 Å². The molecule has 0 aliphatic heterocycles. The Bertz CT molecular complexity index is 550. The standard InChI is InChI=1S/C17H27N3O3/c1-11(2)8-14(15(21)20-17(3,4)5)19-10-13-9-12(16(22)23)6-7-18-13/h6-7,9,11,14,19H,8,10H2,1-5H3,(H,20,21)(H,22,23)/t14-/m0/s1. The number of rotatable bonds is 7. The number of nitrogens with zero attached hydrogens (tertiary/aromatic N) is 1. The fourth-order valence-corrected chi connectivity index (χ4v) is 2.15. The first-order chi connectivity index (χ1) is 10.6. The van der Waals surface area contributed by atoms with E-state index in [2.05, 4.69) is 29.5 Å². The molecule has 0 unspecified atom stereocenters. The van der Waals surface area contributed by atoms with Crippen LogP contribution in [0.4, 0.5) is 0 Å². The van der Waals surface area contributed by atoms with E-state index in [0.29, 0.717) is 24.6 Å². The molecule has 1 heterocycles. The van der Waals surface area contributed by atoms with Gasteiger partial charge in [-0.25, -0.2) is 4.79 Å². The smallest absolute Gasteiger partial charge is 0.335 e. The largest absolute Gasteiger partial charge is 0.478 e. The maximum atomic E-state index is 12.4. The summed E-state index contributed by atoms with van der Waals surface area (Å²) in [5, 5.41) is 15.2. The van der Waals surface area contributed by atoms with Crippen molar-refractivity contribution in [3.8, 4) is 0 Å². The number of hydrogen-bond donors (Lipinski definition) is 3. The number of carboxylic acids is 1. The number of aromatic nitrogens is 1. The fraction of sp³-hybridized carbons (Fsp3) is 0.588. The van der Waals surface area contributed by atoms with E-state index >= 15 is 0 Å². The SMILES string of the molecule is CC(C)C[C@H](NCc1cc(C(=O)O)ccn1)C(=O)NC(C)(C)C. The van der Waals surface area contributed by atoms with Gasteiger partial charge in [0.05, 0.1) is 17.3 Å². The van der Waals surface area contributed by atoms with Gasteiger partial charge in [0.2, 0.25) is 5.91 Å². The van der Waals surface area contributed by atoms with Gasteiger partial charge in [0.25, 0.3) is 0 Å². The molecular formula is C17H27N3O3. The molecule has 1 aromatic heterocycles. The first-order valence-electron chi connectivity index (χ1n) is 7.82. The van der Waals surface area contributed by atoms with Gasteiger partial charge in [-0.05, 0) is 45.2 Å². The van der Waals surface area contributed by atoms with Crippen LogP contribution in [0.25, 0.3) is 0 Å². The average molecular weight is 321 g/mol. The zero-order valence-corrected chi connectivity index (χ0v) is 14.5. The number of nitrogens with one attached hydrogen (secondary N) is 2. The molecule has 0 fully saturated rings. The molecule has 6 nitrogen and oxygen atoms in total. The summed E-state index contributed by atoms with van der Waals surface area (Å²) in [4.78, 5) is 27.5. The molecule has 0 bridgehead atoms. The molecule has 0 saturated heterocycles. The molecule has 0 radical (unpaired) electrons. The van der Waals surface area contributed by atoms with Crippen LogP contribution in [-0.2, 0) is 11.3 Å². The summed E-state index contributed by atoms with van der Waals surface area (Å²) in [6.45, 7) is 10.3. The lowest BCUT2D eigenvalue weighted by Gasteiger charge is -2.26. The molecule has 0 aliphatic rings. The summed E-state index contributed by atoms with van der Waals surface area (Å²) in [5.74, 6) is -0.685. The maximum Gasteiger partial charge on any atom is 0.335 e. The Kier molecular flexibility index (Phi) is 6.69. The van der Waals surface area contributed by atoms with Crippen molar-refractivity contribution < 1.29 is 14.7 Å². The van der Waals surface area contributed by atoms with Crippen molar-refractivity contribution in [3.05, 3.63) is 29.6 Å². The van der Waals surface area contributed by atoms with Gasteiger partial charge < -0.3 is 15.7 Å². The highest BCUT2D eigenvalue weighted by molar-refractivity contribution is 5.87. The summed E-state index contributed by atoms with van der Waals surface area (Å²) in [6, 6.07) is 2.62. The Morgan fingerprint density at radius 2 is 1.96 bits per heavy atom. The summed E-state index contributed by atoms with van der Waals surface area (Å²) < 4.78 is 0. The number of carboxylic acid groups (broad SMARTS) is 1. The molecule has 23 heavy (non-hydrogen) atoms. The van der Waals surface area contributed by atoms with Crippen LogP contribution in [0, 0.1) is 5.92 Å². The van der Waals surface area contributed by atoms with E-state index in [1.165, 1.54) is 18.3 Å². The van der Waals surface area contributed by atoms with Crippen LogP contribution in [0.5, 0.6) is 0 Å². The molecule has 3 N–H and O–H groups in total. The van der Waals surface area contributed by atoms with Gasteiger partial charge in [-0.15, -0.1) is 0 Å². The minimum atomic E-state index is -0.988. The van der Waals surface area contributed by atoms with E-state index in [-0.39, 0.29) is 23.1 Å². The topological polar surface area (TPSA) is 91.3 Å². The fourth-order valence-electron chi connectivity index (χ4n) is 2.15. The zero-order valence-electron chi connectivity index (χ0n) is 14.5. The molecule has 0 spiro atoms. The number of carbonyl (C=O) groups is 2. The molecule has 0 saturated carbocycles. The number of hydrogen-bond acceptors (Lipinski definition) is 4. The van der Waals surface area contributed by atoms with Crippen molar-refractivity contribution >= 4 is 11.9 Å². The van der Waals surface area contributed by atoms with Gasteiger partial charge in [0, 0.05) is 18.3 Å². The first kappa shape index (κ1) is 19.1. The molecule has 1 atom stereocenters. The molecule has 0 aliphatic carbocycles. The molecule has 1 amide bonds. The van der Waals surface area contributed by atoms with Crippen molar-refractivity contribution in [2.45, 2.75) is 59.2 Å². The van der Waals surface area contributed by atoms with Crippen molar-refractivity contribution in [2.75, 3.05) is 0 Å². The van der Waals surface area contributed by atoms with Crippen LogP contribution in [-0.4, -0.2) is 33.5 Å². The lowest BCUT2D eigenvalue weighted by Crippen LogP contribution is -2.51. The van der Waals surface area contributed by atoms with E-state index in [4.69, 9.17) is 5.11 Å². The van der Waals surface area contributed by atoms with Gasteiger partial charge in [-0.1, -0.05) is 13.8 Å². The minimum absolute atomic E-state index is 0.0550. The highest BCUT2D eigenvalue weighted by atomic mass is 16.4. The molecular weight excluding hydrogens is 294 g/mol. The summed E-state index contributed by atoms with van der Waals surface area (Å²) >= 11 is 0. The second-order valence-corrected chi connectivity index (χ2v) is 7.14. The van der Waals surface area contributed by atoms with Crippen molar-refractivity contribution in [1.82, 2.24) is 15.6 Å². The molecule has 1 aromatic rings. The second kappa shape index (κ2) is 8.06. The summed E-state index contributed by atoms with van der Waals surface area (Å²) in [6.07, 6.45) is 2.16. The third-order valence-corrected chi connectivity index (χ3v) is 3.11. The third kappa shape index (κ3) is 7.23. The number of pyridine rings is 1. The average Bonchev–Trinajstić information content (AvgIpc) is 2.41. The lowest BCUT2D eigenvalue weighted by molar-refractivity contribution is -0.125. The monoisotopic (exact) mass is 321 g/mol. The predicted octanol–water partition coefficient (Wildman–Crippen LogP) is 2.20. The Hall–Kier alpha value is -1.95. The van der Waals surface area contributed by atoms with Crippen LogP contribution in [0.15, 0.2) is 18.3 Å². The molecule has 128 valence electrons. The van der Waals surface area contributed by atoms with Crippen LogP contribution in [0.3, 0.4) is 0 Å².